The number of hydrogen-bond donors (Lipinski definition) is 2. The number of carboxylic acid groups (broad SMARTS) is 1. The van der Waals surface area contributed by atoms with Crippen molar-refractivity contribution in [1.29, 1.82) is 0 Å². The Bertz CT molecular complexity index is 592. The van der Waals surface area contributed by atoms with Crippen molar-refractivity contribution in [2.24, 2.45) is 0 Å². The van der Waals surface area contributed by atoms with Crippen LogP contribution >= 0.6 is 0 Å². The lowest BCUT2D eigenvalue weighted by atomic mass is 9.92. The molecule has 1 aromatic carbocycles. The second-order valence-electron chi connectivity index (χ2n) is 6.54. The molecule has 0 aliphatic heterocycles. The molecule has 1 rings (SSSR count). The Kier molecular flexibility index (Phi) is 7.87. The first-order chi connectivity index (χ1) is 11.8. The number of ether oxygens (including phenoxy) is 3. The maximum atomic E-state index is 11.2. The van der Waals surface area contributed by atoms with E-state index in [1.54, 1.807) is 0 Å². The van der Waals surface area contributed by atoms with E-state index in [4.69, 9.17) is 19.3 Å². The summed E-state index contributed by atoms with van der Waals surface area (Å²) in [5.74, 6) is 0.440. The molecule has 6 nitrogen and oxygen atoms in total. The molecule has 0 aromatic heterocycles. The Morgan fingerprint density at radius 2 is 1.32 bits per heavy atom. The van der Waals surface area contributed by atoms with Crippen molar-refractivity contribution in [2.75, 3.05) is 13.2 Å². The van der Waals surface area contributed by atoms with Gasteiger partial charge in [-0.05, 0) is 24.7 Å². The third-order valence-corrected chi connectivity index (χ3v) is 3.66. The zero-order valence-electron chi connectivity index (χ0n) is 16.0. The van der Waals surface area contributed by atoms with Gasteiger partial charge in [0.1, 0.15) is 0 Å². The summed E-state index contributed by atoms with van der Waals surface area (Å²) in [6.07, 6.45) is 0.115. The van der Waals surface area contributed by atoms with Gasteiger partial charge in [0.25, 0.3) is 0 Å². The summed E-state index contributed by atoms with van der Waals surface area (Å²) in [5.41, 5.74) is 1.00. The highest BCUT2D eigenvalue weighted by molar-refractivity contribution is 5.72. The van der Waals surface area contributed by atoms with Crippen LogP contribution in [0.5, 0.6) is 23.0 Å². The quantitative estimate of drug-likeness (QED) is 0.464. The first-order valence-corrected chi connectivity index (χ1v) is 8.85. The third kappa shape index (κ3) is 4.94. The molecular formula is C19H30O6. The molecule has 0 unspecified atom stereocenters. The van der Waals surface area contributed by atoms with Crippen LogP contribution in [0.25, 0.3) is 0 Å². The molecule has 0 saturated carbocycles. The van der Waals surface area contributed by atoms with Crippen LogP contribution in [-0.4, -0.2) is 29.6 Å². The van der Waals surface area contributed by atoms with E-state index in [0.29, 0.717) is 35.8 Å². The van der Waals surface area contributed by atoms with Crippen molar-refractivity contribution in [3.05, 3.63) is 11.1 Å². The minimum atomic E-state index is -1.48. The standard InChI is InChI=1S/C19H30O6/c1-7-9-23-17-13(11(3)4)15(20)16(25-19(21)22)14(12(5)6)18(17)24-10-8-2/h11-12,20H,7-10H2,1-6H3,(H,21,22). The molecule has 0 amide bonds. The zero-order valence-corrected chi connectivity index (χ0v) is 16.0. The fraction of sp³-hybridized carbons (Fsp3) is 0.632. The molecule has 0 atom stereocenters. The van der Waals surface area contributed by atoms with Crippen molar-refractivity contribution in [2.45, 2.75) is 66.2 Å². The highest BCUT2D eigenvalue weighted by Gasteiger charge is 2.31. The van der Waals surface area contributed by atoms with E-state index in [9.17, 15) is 9.90 Å². The van der Waals surface area contributed by atoms with Crippen molar-refractivity contribution < 1.29 is 29.2 Å². The maximum Gasteiger partial charge on any atom is 0.511 e. The van der Waals surface area contributed by atoms with Crippen molar-refractivity contribution >= 4 is 6.16 Å². The summed E-state index contributed by atoms with van der Waals surface area (Å²) in [5, 5.41) is 19.8. The Balaban J connectivity index is 3.79. The normalized spacial score (nSPS) is 11.0. The average molecular weight is 354 g/mol. The molecule has 2 N–H and O–H groups in total. The fourth-order valence-corrected chi connectivity index (χ4v) is 2.65. The molecule has 0 radical (unpaired) electrons. The molecule has 0 fully saturated rings. The van der Waals surface area contributed by atoms with Crippen molar-refractivity contribution in [3.63, 3.8) is 0 Å². The van der Waals surface area contributed by atoms with Crippen LogP contribution in [0.4, 0.5) is 4.79 Å². The summed E-state index contributed by atoms with van der Waals surface area (Å²) in [6.45, 7) is 12.5. The number of rotatable bonds is 9. The van der Waals surface area contributed by atoms with Crippen LogP contribution in [0, 0.1) is 0 Å². The predicted molar refractivity (Wildman–Crippen MR) is 96.5 cm³/mol. The summed E-state index contributed by atoms with van der Waals surface area (Å²) in [7, 11) is 0. The predicted octanol–water partition coefficient (Wildman–Crippen LogP) is 5.27. The average Bonchev–Trinajstić information content (AvgIpc) is 2.51. The molecule has 0 aliphatic rings. The highest BCUT2D eigenvalue weighted by Crippen LogP contribution is 2.53. The Morgan fingerprint density at radius 3 is 1.68 bits per heavy atom. The first-order valence-electron chi connectivity index (χ1n) is 8.85. The van der Waals surface area contributed by atoms with Gasteiger partial charge < -0.3 is 24.4 Å². The van der Waals surface area contributed by atoms with Gasteiger partial charge in [-0.1, -0.05) is 41.5 Å². The van der Waals surface area contributed by atoms with Gasteiger partial charge in [0.05, 0.1) is 13.2 Å². The topological polar surface area (TPSA) is 85.2 Å². The number of carbonyl (C=O) groups is 1. The van der Waals surface area contributed by atoms with Crippen LogP contribution < -0.4 is 14.2 Å². The van der Waals surface area contributed by atoms with Gasteiger partial charge in [0, 0.05) is 11.1 Å². The number of benzene rings is 1. The van der Waals surface area contributed by atoms with E-state index in [-0.39, 0.29) is 23.3 Å². The second kappa shape index (κ2) is 9.39. The van der Waals surface area contributed by atoms with Crippen LogP contribution in [-0.2, 0) is 0 Å². The van der Waals surface area contributed by atoms with Gasteiger partial charge in [-0.2, -0.15) is 0 Å². The lowest BCUT2D eigenvalue weighted by Crippen LogP contribution is -2.13. The SMILES string of the molecule is CCCOc1c(OCCC)c(C(C)C)c(OC(=O)O)c(O)c1C(C)C. The van der Waals surface area contributed by atoms with Gasteiger partial charge in [-0.15, -0.1) is 0 Å². The molecule has 6 heteroatoms. The van der Waals surface area contributed by atoms with Crippen LogP contribution in [0.2, 0.25) is 0 Å². The smallest absolute Gasteiger partial charge is 0.504 e. The first kappa shape index (κ1) is 20.9. The molecule has 0 bridgehead atoms. The molecule has 0 spiro atoms. The van der Waals surface area contributed by atoms with Crippen molar-refractivity contribution in [1.82, 2.24) is 0 Å². The maximum absolute atomic E-state index is 11.2. The van der Waals surface area contributed by atoms with Gasteiger partial charge in [-0.25, -0.2) is 4.79 Å². The number of hydrogen-bond acceptors (Lipinski definition) is 5. The van der Waals surface area contributed by atoms with E-state index in [1.165, 1.54) is 0 Å². The summed E-state index contributed by atoms with van der Waals surface area (Å²) >= 11 is 0. The van der Waals surface area contributed by atoms with E-state index in [2.05, 4.69) is 0 Å². The molecule has 142 valence electrons. The van der Waals surface area contributed by atoms with E-state index >= 15 is 0 Å². The Morgan fingerprint density at radius 1 is 0.880 bits per heavy atom. The van der Waals surface area contributed by atoms with Gasteiger partial charge in [-0.3, -0.25) is 0 Å². The molecule has 1 aromatic rings. The summed E-state index contributed by atoms with van der Waals surface area (Å²) in [4.78, 5) is 11.2. The lowest BCUT2D eigenvalue weighted by Gasteiger charge is -2.25. The Labute approximate surface area is 149 Å². The minimum absolute atomic E-state index is 0.0684. The number of aromatic hydroxyl groups is 1. The van der Waals surface area contributed by atoms with E-state index in [1.807, 2.05) is 41.5 Å². The molecule has 0 heterocycles. The molecule has 25 heavy (non-hydrogen) atoms. The second-order valence-corrected chi connectivity index (χ2v) is 6.54. The minimum Gasteiger partial charge on any atom is -0.504 e. The molecular weight excluding hydrogens is 324 g/mol. The number of phenolic OH excluding ortho intramolecular Hbond substituents is 1. The third-order valence-electron chi connectivity index (χ3n) is 3.66. The molecule has 0 aliphatic carbocycles. The van der Waals surface area contributed by atoms with Gasteiger partial charge >= 0.3 is 6.16 Å². The summed E-state index contributed by atoms with van der Waals surface area (Å²) < 4.78 is 16.8. The monoisotopic (exact) mass is 354 g/mol. The number of phenols is 1. The van der Waals surface area contributed by atoms with Crippen LogP contribution in [0.3, 0.4) is 0 Å². The van der Waals surface area contributed by atoms with E-state index in [0.717, 1.165) is 12.8 Å². The largest absolute Gasteiger partial charge is 0.511 e. The Hall–Kier alpha value is -2.11. The van der Waals surface area contributed by atoms with Gasteiger partial charge in [0.15, 0.2) is 23.0 Å². The van der Waals surface area contributed by atoms with E-state index < -0.39 is 6.16 Å². The highest BCUT2D eigenvalue weighted by atomic mass is 16.7. The van der Waals surface area contributed by atoms with Crippen LogP contribution in [0.15, 0.2) is 0 Å². The van der Waals surface area contributed by atoms with Gasteiger partial charge in [0.2, 0.25) is 0 Å². The summed E-state index contributed by atoms with van der Waals surface area (Å²) in [6, 6.07) is 0. The van der Waals surface area contributed by atoms with Crippen molar-refractivity contribution in [3.8, 4) is 23.0 Å². The lowest BCUT2D eigenvalue weighted by molar-refractivity contribution is 0.141. The van der Waals surface area contributed by atoms with Crippen LogP contribution in [0.1, 0.15) is 77.3 Å². The fourth-order valence-electron chi connectivity index (χ4n) is 2.65. The molecule has 0 saturated heterocycles. The zero-order chi connectivity index (χ0) is 19.1.